The van der Waals surface area contributed by atoms with Crippen LogP contribution in [0.3, 0.4) is 0 Å². The van der Waals surface area contributed by atoms with Gasteiger partial charge in [0.25, 0.3) is 0 Å². The third kappa shape index (κ3) is 4.79. The summed E-state index contributed by atoms with van der Waals surface area (Å²) in [5, 5.41) is 4.43. The van der Waals surface area contributed by atoms with E-state index in [1.807, 2.05) is 12.1 Å². The molecule has 0 saturated carbocycles. The fourth-order valence-corrected chi connectivity index (χ4v) is 4.71. The van der Waals surface area contributed by atoms with E-state index in [1.165, 1.54) is 22.9 Å². The molecule has 0 unspecified atom stereocenters. The van der Waals surface area contributed by atoms with Crippen molar-refractivity contribution in [3.63, 3.8) is 0 Å². The molecule has 2 aliphatic heterocycles. The van der Waals surface area contributed by atoms with Crippen molar-refractivity contribution in [1.82, 2.24) is 20.2 Å². The van der Waals surface area contributed by atoms with Gasteiger partial charge in [-0.1, -0.05) is 12.1 Å². The molecule has 2 aliphatic rings. The van der Waals surface area contributed by atoms with Gasteiger partial charge < -0.3 is 19.9 Å². The number of pyridine rings is 2. The molecule has 0 amide bonds. The Bertz CT molecular complexity index is 1120. The number of fused-ring (bicyclic) bond motifs is 2. The van der Waals surface area contributed by atoms with Crippen LogP contribution in [0.2, 0.25) is 0 Å². The summed E-state index contributed by atoms with van der Waals surface area (Å²) in [5.41, 5.74) is 4.85. The molecule has 0 aliphatic carbocycles. The van der Waals surface area contributed by atoms with Crippen LogP contribution in [0.25, 0.3) is 11.0 Å². The molecule has 3 aromatic rings. The van der Waals surface area contributed by atoms with E-state index in [0.717, 1.165) is 70.5 Å². The Balaban J connectivity index is 1.05. The van der Waals surface area contributed by atoms with Crippen molar-refractivity contribution in [2.45, 2.75) is 25.8 Å². The normalized spacial score (nSPS) is 16.8. The SMILES string of the molecule is O=c1ccc2ccc(OCCCCN3CCN(c4cccc5c4CNCC5)CC3)nc2[nH]1. The predicted octanol–water partition coefficient (Wildman–Crippen LogP) is 2.55. The Kier molecular flexibility index (Phi) is 6.36. The number of nitrogens with zero attached hydrogens (tertiary/aromatic N) is 3. The molecule has 5 rings (SSSR count). The van der Waals surface area contributed by atoms with Crippen LogP contribution < -0.4 is 20.5 Å². The van der Waals surface area contributed by atoms with Crippen molar-refractivity contribution in [2.75, 3.05) is 50.8 Å². The average molecular weight is 434 g/mol. The van der Waals surface area contributed by atoms with Crippen molar-refractivity contribution in [1.29, 1.82) is 0 Å². The average Bonchev–Trinajstić information content (AvgIpc) is 2.83. The van der Waals surface area contributed by atoms with Gasteiger partial charge in [0.2, 0.25) is 11.4 Å². The largest absolute Gasteiger partial charge is 0.478 e. The molecular weight excluding hydrogens is 402 g/mol. The van der Waals surface area contributed by atoms with Crippen LogP contribution in [0.15, 0.2) is 47.3 Å². The number of aromatic nitrogens is 2. The van der Waals surface area contributed by atoms with Crippen molar-refractivity contribution in [2.24, 2.45) is 0 Å². The Hall–Kier alpha value is -2.90. The second-order valence-corrected chi connectivity index (χ2v) is 8.64. The molecular formula is C25H31N5O2. The number of hydrogen-bond acceptors (Lipinski definition) is 6. The molecule has 0 bridgehead atoms. The second kappa shape index (κ2) is 9.71. The Labute approximate surface area is 188 Å². The van der Waals surface area contributed by atoms with E-state index in [9.17, 15) is 4.79 Å². The highest BCUT2D eigenvalue weighted by molar-refractivity contribution is 5.74. The van der Waals surface area contributed by atoms with Gasteiger partial charge in [0.1, 0.15) is 5.65 Å². The number of H-pyrrole nitrogens is 1. The standard InChI is InChI=1S/C25H31N5O2/c31-23-8-6-20-7-9-24(28-25(20)27-23)32-17-2-1-12-29-13-15-30(16-14-29)22-5-3-4-19-10-11-26-18-21(19)22/h3-9,26H,1-2,10-18H2,(H,27,28,31). The summed E-state index contributed by atoms with van der Waals surface area (Å²) in [5.74, 6) is 0.564. The minimum Gasteiger partial charge on any atom is -0.478 e. The van der Waals surface area contributed by atoms with Crippen LogP contribution in [-0.4, -0.2) is 60.7 Å². The maximum absolute atomic E-state index is 11.5. The number of ether oxygens (including phenoxy) is 1. The molecule has 1 saturated heterocycles. The van der Waals surface area contributed by atoms with Crippen molar-refractivity contribution in [3.05, 3.63) is 63.9 Å². The number of nitrogens with one attached hydrogen (secondary N) is 2. The highest BCUT2D eigenvalue weighted by Crippen LogP contribution is 2.27. The summed E-state index contributed by atoms with van der Waals surface area (Å²) < 4.78 is 5.81. The van der Waals surface area contributed by atoms with Crippen LogP contribution in [0, 0.1) is 0 Å². The molecule has 32 heavy (non-hydrogen) atoms. The smallest absolute Gasteiger partial charge is 0.249 e. The third-order valence-electron chi connectivity index (χ3n) is 6.51. The Morgan fingerprint density at radius 2 is 1.88 bits per heavy atom. The Morgan fingerprint density at radius 3 is 2.78 bits per heavy atom. The molecule has 2 N–H and O–H groups in total. The molecule has 0 radical (unpaired) electrons. The molecule has 0 spiro atoms. The zero-order valence-electron chi connectivity index (χ0n) is 18.5. The highest BCUT2D eigenvalue weighted by Gasteiger charge is 2.21. The van der Waals surface area contributed by atoms with E-state index in [-0.39, 0.29) is 5.56 Å². The summed E-state index contributed by atoms with van der Waals surface area (Å²) in [7, 11) is 0. The monoisotopic (exact) mass is 433 g/mol. The lowest BCUT2D eigenvalue weighted by Gasteiger charge is -2.38. The van der Waals surface area contributed by atoms with Gasteiger partial charge in [0, 0.05) is 55.9 Å². The topological polar surface area (TPSA) is 73.5 Å². The van der Waals surface area contributed by atoms with E-state index >= 15 is 0 Å². The van der Waals surface area contributed by atoms with E-state index in [2.05, 4.69) is 43.3 Å². The van der Waals surface area contributed by atoms with Crippen LogP contribution in [-0.2, 0) is 13.0 Å². The number of unbranched alkanes of at least 4 members (excludes halogenated alkanes) is 1. The first-order chi connectivity index (χ1) is 15.8. The fourth-order valence-electron chi connectivity index (χ4n) is 4.71. The predicted molar refractivity (Wildman–Crippen MR) is 128 cm³/mol. The number of anilines is 1. The van der Waals surface area contributed by atoms with Gasteiger partial charge in [0.15, 0.2) is 0 Å². The van der Waals surface area contributed by atoms with E-state index in [1.54, 1.807) is 6.07 Å². The molecule has 2 aromatic heterocycles. The van der Waals surface area contributed by atoms with E-state index < -0.39 is 0 Å². The van der Waals surface area contributed by atoms with Crippen LogP contribution in [0.5, 0.6) is 5.88 Å². The third-order valence-corrected chi connectivity index (χ3v) is 6.51. The highest BCUT2D eigenvalue weighted by atomic mass is 16.5. The van der Waals surface area contributed by atoms with Gasteiger partial charge in [-0.05, 0) is 61.7 Å². The second-order valence-electron chi connectivity index (χ2n) is 8.64. The van der Waals surface area contributed by atoms with Crippen LogP contribution >= 0.6 is 0 Å². The lowest BCUT2D eigenvalue weighted by molar-refractivity contribution is 0.236. The molecule has 7 nitrogen and oxygen atoms in total. The number of aromatic amines is 1. The fraction of sp³-hybridized carbons (Fsp3) is 0.440. The van der Waals surface area contributed by atoms with Crippen molar-refractivity contribution in [3.8, 4) is 5.88 Å². The van der Waals surface area contributed by atoms with E-state index in [4.69, 9.17) is 4.74 Å². The summed E-state index contributed by atoms with van der Waals surface area (Å²) in [4.78, 5) is 23.7. The molecule has 4 heterocycles. The molecule has 7 heteroatoms. The van der Waals surface area contributed by atoms with Crippen molar-refractivity contribution < 1.29 is 4.74 Å². The van der Waals surface area contributed by atoms with Crippen LogP contribution in [0.1, 0.15) is 24.0 Å². The lowest BCUT2D eigenvalue weighted by atomic mass is 9.98. The van der Waals surface area contributed by atoms with Crippen LogP contribution in [0.4, 0.5) is 5.69 Å². The minimum atomic E-state index is -0.147. The zero-order chi connectivity index (χ0) is 21.8. The Morgan fingerprint density at radius 1 is 1.00 bits per heavy atom. The van der Waals surface area contributed by atoms with Gasteiger partial charge in [-0.15, -0.1) is 0 Å². The van der Waals surface area contributed by atoms with Crippen molar-refractivity contribution >= 4 is 16.7 Å². The number of benzene rings is 1. The molecule has 1 fully saturated rings. The molecule has 168 valence electrons. The maximum Gasteiger partial charge on any atom is 0.249 e. The van der Waals surface area contributed by atoms with Gasteiger partial charge in [-0.3, -0.25) is 9.69 Å². The summed E-state index contributed by atoms with van der Waals surface area (Å²) in [6.07, 6.45) is 3.23. The number of rotatable bonds is 7. The van der Waals surface area contributed by atoms with E-state index in [0.29, 0.717) is 18.1 Å². The first kappa shape index (κ1) is 21.0. The maximum atomic E-state index is 11.5. The first-order valence-corrected chi connectivity index (χ1v) is 11.7. The van der Waals surface area contributed by atoms with Gasteiger partial charge in [0.05, 0.1) is 6.61 Å². The van der Waals surface area contributed by atoms with Gasteiger partial charge in [-0.2, -0.15) is 4.98 Å². The lowest BCUT2D eigenvalue weighted by Crippen LogP contribution is -2.47. The zero-order valence-corrected chi connectivity index (χ0v) is 18.5. The molecule has 0 atom stereocenters. The number of hydrogen-bond donors (Lipinski definition) is 2. The summed E-state index contributed by atoms with van der Waals surface area (Å²) in [6, 6.07) is 13.8. The summed E-state index contributed by atoms with van der Waals surface area (Å²) >= 11 is 0. The van der Waals surface area contributed by atoms with Gasteiger partial charge in [-0.25, -0.2) is 0 Å². The summed E-state index contributed by atoms with van der Waals surface area (Å²) in [6.45, 7) is 8.22. The minimum absolute atomic E-state index is 0.147. The first-order valence-electron chi connectivity index (χ1n) is 11.7. The number of piperazine rings is 1. The quantitative estimate of drug-likeness (QED) is 0.558. The van der Waals surface area contributed by atoms with Gasteiger partial charge >= 0.3 is 0 Å². The molecule has 1 aromatic carbocycles.